The zero-order valence-corrected chi connectivity index (χ0v) is 16.6. The number of aryl methyl sites for hydroxylation is 2. The Balaban J connectivity index is 1.51. The number of hydrogen-bond acceptors (Lipinski definition) is 3. The quantitative estimate of drug-likeness (QED) is 0.737. The zero-order chi connectivity index (χ0) is 20.4. The fourth-order valence-electron chi connectivity index (χ4n) is 3.75. The van der Waals surface area contributed by atoms with Crippen molar-refractivity contribution in [1.29, 1.82) is 0 Å². The predicted octanol–water partition coefficient (Wildman–Crippen LogP) is 4.15. The van der Waals surface area contributed by atoms with E-state index in [2.05, 4.69) is 22.4 Å². The molecule has 0 atom stereocenters. The SMILES string of the molecule is Cc1cc(C)cc(NC(=O)c2cccc(C(=O)N3CCc4ccccc4C3)n2)c1. The number of nitrogens with zero attached hydrogens (tertiary/aromatic N) is 2. The second-order valence-corrected chi connectivity index (χ2v) is 7.48. The van der Waals surface area contributed by atoms with Crippen LogP contribution in [0, 0.1) is 13.8 Å². The van der Waals surface area contributed by atoms with Gasteiger partial charge in [-0.3, -0.25) is 9.59 Å². The number of hydrogen-bond donors (Lipinski definition) is 1. The van der Waals surface area contributed by atoms with Crippen molar-refractivity contribution in [2.45, 2.75) is 26.8 Å². The standard InChI is InChI=1S/C24H23N3O2/c1-16-12-17(2)14-20(13-16)25-23(28)21-8-5-9-22(26-21)24(29)27-11-10-18-6-3-4-7-19(18)15-27/h3-9,12-14H,10-11,15H2,1-2H3,(H,25,28). The minimum atomic E-state index is -0.325. The van der Waals surface area contributed by atoms with Crippen LogP contribution in [0.1, 0.15) is 43.2 Å². The maximum atomic E-state index is 13.0. The van der Waals surface area contributed by atoms with Crippen molar-refractivity contribution in [3.63, 3.8) is 0 Å². The molecule has 2 amide bonds. The van der Waals surface area contributed by atoms with Gasteiger partial charge in [0.2, 0.25) is 0 Å². The lowest BCUT2D eigenvalue weighted by molar-refractivity contribution is 0.0728. The fraction of sp³-hybridized carbons (Fsp3) is 0.208. The highest BCUT2D eigenvalue weighted by Gasteiger charge is 2.23. The van der Waals surface area contributed by atoms with Crippen LogP contribution in [0.3, 0.4) is 0 Å². The number of fused-ring (bicyclic) bond motifs is 1. The summed E-state index contributed by atoms with van der Waals surface area (Å²) in [4.78, 5) is 31.7. The molecule has 3 aromatic rings. The maximum absolute atomic E-state index is 13.0. The summed E-state index contributed by atoms with van der Waals surface area (Å²) in [7, 11) is 0. The number of aromatic nitrogens is 1. The third-order valence-electron chi connectivity index (χ3n) is 5.10. The van der Waals surface area contributed by atoms with Gasteiger partial charge in [-0.15, -0.1) is 0 Å². The molecule has 1 N–H and O–H groups in total. The summed E-state index contributed by atoms with van der Waals surface area (Å²) in [5.74, 6) is -0.478. The van der Waals surface area contributed by atoms with Crippen molar-refractivity contribution in [2.75, 3.05) is 11.9 Å². The van der Waals surface area contributed by atoms with Crippen LogP contribution < -0.4 is 5.32 Å². The average Bonchev–Trinajstić information content (AvgIpc) is 2.72. The van der Waals surface area contributed by atoms with E-state index in [9.17, 15) is 9.59 Å². The molecule has 1 aliphatic heterocycles. The van der Waals surface area contributed by atoms with Gasteiger partial charge >= 0.3 is 0 Å². The van der Waals surface area contributed by atoms with Gasteiger partial charge in [0.05, 0.1) is 0 Å². The van der Waals surface area contributed by atoms with E-state index in [1.165, 1.54) is 5.56 Å². The Hall–Kier alpha value is -3.47. The van der Waals surface area contributed by atoms with E-state index in [-0.39, 0.29) is 23.2 Å². The first-order valence-electron chi connectivity index (χ1n) is 9.72. The lowest BCUT2D eigenvalue weighted by atomic mass is 10.00. The molecule has 0 unspecified atom stereocenters. The molecule has 1 aromatic heterocycles. The van der Waals surface area contributed by atoms with E-state index in [4.69, 9.17) is 0 Å². The van der Waals surface area contributed by atoms with E-state index in [0.29, 0.717) is 13.1 Å². The first-order valence-corrected chi connectivity index (χ1v) is 9.72. The highest BCUT2D eigenvalue weighted by Crippen LogP contribution is 2.20. The largest absolute Gasteiger partial charge is 0.333 e. The zero-order valence-electron chi connectivity index (χ0n) is 16.6. The third-order valence-corrected chi connectivity index (χ3v) is 5.10. The monoisotopic (exact) mass is 385 g/mol. The maximum Gasteiger partial charge on any atom is 0.274 e. The first-order chi connectivity index (χ1) is 14.0. The van der Waals surface area contributed by atoms with Crippen molar-refractivity contribution >= 4 is 17.5 Å². The molecule has 1 aliphatic rings. The second kappa shape index (κ2) is 7.87. The number of carbonyl (C=O) groups excluding carboxylic acids is 2. The Kier molecular flexibility index (Phi) is 5.12. The molecule has 2 aromatic carbocycles. The second-order valence-electron chi connectivity index (χ2n) is 7.48. The normalized spacial score (nSPS) is 13.0. The number of anilines is 1. The summed E-state index contributed by atoms with van der Waals surface area (Å²) in [6, 6.07) is 19.0. The summed E-state index contributed by atoms with van der Waals surface area (Å²) in [5.41, 5.74) is 5.83. The molecule has 0 aliphatic carbocycles. The van der Waals surface area contributed by atoms with Crippen LogP contribution in [0.4, 0.5) is 5.69 Å². The van der Waals surface area contributed by atoms with Crippen LogP contribution in [-0.2, 0) is 13.0 Å². The molecule has 0 radical (unpaired) electrons. The Morgan fingerprint density at radius 3 is 2.34 bits per heavy atom. The molecule has 0 saturated heterocycles. The van der Waals surface area contributed by atoms with Gasteiger partial charge in [-0.2, -0.15) is 0 Å². The van der Waals surface area contributed by atoms with E-state index in [1.54, 1.807) is 23.1 Å². The highest BCUT2D eigenvalue weighted by molar-refractivity contribution is 6.04. The van der Waals surface area contributed by atoms with Crippen molar-refractivity contribution in [1.82, 2.24) is 9.88 Å². The van der Waals surface area contributed by atoms with Crippen LogP contribution in [0.5, 0.6) is 0 Å². The van der Waals surface area contributed by atoms with Gasteiger partial charge in [0.15, 0.2) is 0 Å². The molecule has 0 fully saturated rings. The summed E-state index contributed by atoms with van der Waals surface area (Å²) in [6.45, 7) is 5.18. The minimum Gasteiger partial charge on any atom is -0.333 e. The molecule has 5 heteroatoms. The van der Waals surface area contributed by atoms with Gasteiger partial charge in [0.25, 0.3) is 11.8 Å². The number of pyridine rings is 1. The average molecular weight is 385 g/mol. The number of benzene rings is 2. The fourth-order valence-corrected chi connectivity index (χ4v) is 3.75. The number of amides is 2. The van der Waals surface area contributed by atoms with Gasteiger partial charge in [0, 0.05) is 18.8 Å². The van der Waals surface area contributed by atoms with Crippen LogP contribution in [-0.4, -0.2) is 28.2 Å². The Morgan fingerprint density at radius 1 is 0.897 bits per heavy atom. The van der Waals surface area contributed by atoms with Gasteiger partial charge in [-0.05, 0) is 66.8 Å². The molecule has 146 valence electrons. The molecular formula is C24H23N3O2. The smallest absolute Gasteiger partial charge is 0.274 e. The number of rotatable bonds is 3. The van der Waals surface area contributed by atoms with Gasteiger partial charge in [0.1, 0.15) is 11.4 Å². The lowest BCUT2D eigenvalue weighted by Gasteiger charge is -2.28. The van der Waals surface area contributed by atoms with E-state index >= 15 is 0 Å². The Labute approximate surface area is 170 Å². The first kappa shape index (κ1) is 18.9. The van der Waals surface area contributed by atoms with Crippen LogP contribution in [0.2, 0.25) is 0 Å². The summed E-state index contributed by atoms with van der Waals surface area (Å²) < 4.78 is 0. The predicted molar refractivity (Wildman–Crippen MR) is 113 cm³/mol. The van der Waals surface area contributed by atoms with Gasteiger partial charge in [-0.1, -0.05) is 36.4 Å². The van der Waals surface area contributed by atoms with E-state index in [1.807, 2.05) is 44.2 Å². The van der Waals surface area contributed by atoms with Crippen molar-refractivity contribution in [3.05, 3.63) is 94.3 Å². The highest BCUT2D eigenvalue weighted by atomic mass is 16.2. The molecule has 0 spiro atoms. The third kappa shape index (κ3) is 4.19. The summed E-state index contributed by atoms with van der Waals surface area (Å²) >= 11 is 0. The summed E-state index contributed by atoms with van der Waals surface area (Å²) in [6.07, 6.45) is 0.828. The van der Waals surface area contributed by atoms with E-state index < -0.39 is 0 Å². The van der Waals surface area contributed by atoms with Crippen LogP contribution in [0.25, 0.3) is 0 Å². The molecule has 4 rings (SSSR count). The number of nitrogens with one attached hydrogen (secondary N) is 1. The molecule has 5 nitrogen and oxygen atoms in total. The van der Waals surface area contributed by atoms with Crippen LogP contribution >= 0.6 is 0 Å². The topological polar surface area (TPSA) is 62.3 Å². The van der Waals surface area contributed by atoms with Crippen molar-refractivity contribution in [2.24, 2.45) is 0 Å². The van der Waals surface area contributed by atoms with Gasteiger partial charge in [-0.25, -0.2) is 4.98 Å². The molecule has 2 heterocycles. The number of carbonyl (C=O) groups is 2. The molecular weight excluding hydrogens is 362 g/mol. The van der Waals surface area contributed by atoms with Gasteiger partial charge < -0.3 is 10.2 Å². The Bertz CT molecular complexity index is 1070. The van der Waals surface area contributed by atoms with Crippen molar-refractivity contribution in [3.8, 4) is 0 Å². The van der Waals surface area contributed by atoms with Crippen molar-refractivity contribution < 1.29 is 9.59 Å². The molecule has 0 bridgehead atoms. The summed E-state index contributed by atoms with van der Waals surface area (Å²) in [5, 5.41) is 2.87. The molecule has 0 saturated carbocycles. The minimum absolute atomic E-state index is 0.152. The lowest BCUT2D eigenvalue weighted by Crippen LogP contribution is -2.36. The Morgan fingerprint density at radius 2 is 1.59 bits per heavy atom. The molecule has 29 heavy (non-hydrogen) atoms. The van der Waals surface area contributed by atoms with E-state index in [0.717, 1.165) is 28.8 Å². The van der Waals surface area contributed by atoms with Crippen LogP contribution in [0.15, 0.2) is 60.7 Å².